The lowest BCUT2D eigenvalue weighted by atomic mass is 10.1. The number of halogens is 1. The van der Waals surface area contributed by atoms with E-state index in [0.717, 1.165) is 0 Å². The minimum atomic E-state index is -0.810. The average molecular weight is 284 g/mol. The van der Waals surface area contributed by atoms with Crippen LogP contribution in [0.25, 0.3) is 0 Å². The van der Waals surface area contributed by atoms with Crippen LogP contribution in [0.2, 0.25) is 5.02 Å². The van der Waals surface area contributed by atoms with Crippen molar-refractivity contribution < 1.29 is 19.4 Å². The van der Waals surface area contributed by atoms with Crippen molar-refractivity contribution in [2.24, 2.45) is 0 Å². The van der Waals surface area contributed by atoms with E-state index in [1.54, 1.807) is 24.0 Å². The second kappa shape index (κ2) is 4.28. The van der Waals surface area contributed by atoms with Gasteiger partial charge in [-0.2, -0.15) is 0 Å². The summed E-state index contributed by atoms with van der Waals surface area (Å²) in [5.74, 6) is 0.811. The van der Waals surface area contributed by atoms with E-state index in [2.05, 4.69) is 0 Å². The van der Waals surface area contributed by atoms with Gasteiger partial charge >= 0.3 is 0 Å². The molecule has 1 fully saturated rings. The highest BCUT2D eigenvalue weighted by Gasteiger charge is 2.35. The molecule has 1 aromatic rings. The Kier molecular flexibility index (Phi) is 2.83. The monoisotopic (exact) mass is 283 g/mol. The van der Waals surface area contributed by atoms with Crippen molar-refractivity contribution in [2.45, 2.75) is 18.9 Å². The first kappa shape index (κ1) is 12.6. The number of carbonyl (C=O) groups excluding carboxylic acids is 1. The summed E-state index contributed by atoms with van der Waals surface area (Å²) in [5.41, 5.74) is -0.359. The summed E-state index contributed by atoms with van der Waals surface area (Å²) in [7, 11) is 0. The van der Waals surface area contributed by atoms with Crippen LogP contribution in [0.4, 0.5) is 0 Å². The Hall–Kier alpha value is -1.46. The number of likely N-dealkylation sites (tertiary alicyclic amines) is 1. The molecule has 1 aromatic carbocycles. The van der Waals surface area contributed by atoms with Crippen molar-refractivity contribution >= 4 is 17.5 Å². The maximum Gasteiger partial charge on any atom is 0.254 e. The molecule has 102 valence electrons. The number of amides is 1. The Bertz CT molecular complexity index is 544. The molecule has 0 saturated carbocycles. The molecular weight excluding hydrogens is 270 g/mol. The van der Waals surface area contributed by atoms with Crippen molar-refractivity contribution in [1.82, 2.24) is 4.90 Å². The Labute approximate surface area is 115 Å². The van der Waals surface area contributed by atoms with E-state index in [9.17, 15) is 9.90 Å². The summed E-state index contributed by atoms with van der Waals surface area (Å²) in [6, 6.07) is 3.20. The van der Waals surface area contributed by atoms with Gasteiger partial charge in [-0.1, -0.05) is 11.6 Å². The second-order valence-electron chi connectivity index (χ2n) is 5.17. The van der Waals surface area contributed by atoms with Gasteiger partial charge in [0.05, 0.1) is 10.6 Å². The van der Waals surface area contributed by atoms with E-state index in [-0.39, 0.29) is 12.7 Å². The number of β-amino-alcohol motifs (C(OH)–C–C–N with tert-alkyl or cyclic N) is 1. The minimum Gasteiger partial charge on any atom is -0.454 e. The maximum atomic E-state index is 12.3. The van der Waals surface area contributed by atoms with Gasteiger partial charge in [0, 0.05) is 18.7 Å². The molecule has 0 bridgehead atoms. The molecule has 5 nitrogen and oxygen atoms in total. The number of hydrogen-bond acceptors (Lipinski definition) is 4. The van der Waals surface area contributed by atoms with Gasteiger partial charge in [-0.3, -0.25) is 4.79 Å². The Morgan fingerprint density at radius 1 is 1.47 bits per heavy atom. The quantitative estimate of drug-likeness (QED) is 0.852. The highest BCUT2D eigenvalue weighted by molar-refractivity contribution is 6.32. The summed E-state index contributed by atoms with van der Waals surface area (Å²) >= 11 is 6.06. The molecule has 2 aliphatic heterocycles. The van der Waals surface area contributed by atoms with Crippen LogP contribution in [0.5, 0.6) is 11.5 Å². The predicted molar refractivity (Wildman–Crippen MR) is 68.7 cm³/mol. The average Bonchev–Trinajstić information content (AvgIpc) is 2.94. The molecule has 2 aliphatic rings. The Balaban J connectivity index is 1.87. The third-order valence-corrected chi connectivity index (χ3v) is 3.69. The molecule has 1 atom stereocenters. The normalized spacial score (nSPS) is 24.9. The van der Waals surface area contributed by atoms with Gasteiger partial charge in [-0.05, 0) is 25.5 Å². The topological polar surface area (TPSA) is 59.0 Å². The maximum absolute atomic E-state index is 12.3. The zero-order valence-corrected chi connectivity index (χ0v) is 11.2. The first-order valence-electron chi connectivity index (χ1n) is 6.07. The minimum absolute atomic E-state index is 0.116. The molecule has 0 spiro atoms. The molecule has 0 radical (unpaired) electrons. The van der Waals surface area contributed by atoms with Gasteiger partial charge in [-0.15, -0.1) is 0 Å². The van der Waals surface area contributed by atoms with Gasteiger partial charge in [0.2, 0.25) is 6.79 Å². The van der Waals surface area contributed by atoms with E-state index in [1.807, 2.05) is 0 Å². The van der Waals surface area contributed by atoms with Crippen LogP contribution in [0, 0.1) is 0 Å². The fourth-order valence-corrected chi connectivity index (χ4v) is 2.66. The van der Waals surface area contributed by atoms with Gasteiger partial charge < -0.3 is 19.5 Å². The number of ether oxygens (including phenoxy) is 2. The lowest BCUT2D eigenvalue weighted by molar-refractivity contribution is 0.0572. The predicted octanol–water partition coefficient (Wildman–Crippen LogP) is 1.67. The van der Waals surface area contributed by atoms with Crippen molar-refractivity contribution in [1.29, 1.82) is 0 Å². The summed E-state index contributed by atoms with van der Waals surface area (Å²) < 4.78 is 10.5. The van der Waals surface area contributed by atoms with E-state index >= 15 is 0 Å². The fraction of sp³-hybridized carbons (Fsp3) is 0.462. The number of aliphatic hydroxyl groups is 1. The van der Waals surface area contributed by atoms with Crippen LogP contribution in [0.3, 0.4) is 0 Å². The van der Waals surface area contributed by atoms with Gasteiger partial charge in [-0.25, -0.2) is 0 Å². The lowest BCUT2D eigenvalue weighted by Gasteiger charge is -2.19. The third kappa shape index (κ3) is 2.24. The smallest absolute Gasteiger partial charge is 0.254 e. The summed E-state index contributed by atoms with van der Waals surface area (Å²) in [5, 5.41) is 10.3. The lowest BCUT2D eigenvalue weighted by Crippen LogP contribution is -2.33. The number of nitrogens with zero attached hydrogens (tertiary/aromatic N) is 1. The third-order valence-electron chi connectivity index (χ3n) is 3.41. The molecule has 0 aromatic heterocycles. The largest absolute Gasteiger partial charge is 0.454 e. The summed E-state index contributed by atoms with van der Waals surface area (Å²) in [4.78, 5) is 14.0. The van der Waals surface area contributed by atoms with E-state index in [4.69, 9.17) is 21.1 Å². The zero-order valence-electron chi connectivity index (χ0n) is 10.5. The highest BCUT2D eigenvalue weighted by atomic mass is 35.5. The molecule has 1 unspecified atom stereocenters. The SMILES string of the molecule is CC1(O)CCN(C(=O)c2cc(Cl)c3c(c2)OCO3)C1. The zero-order chi connectivity index (χ0) is 13.6. The number of benzene rings is 1. The van der Waals surface area contributed by atoms with E-state index in [1.165, 1.54) is 0 Å². The summed E-state index contributed by atoms with van der Waals surface area (Å²) in [6.07, 6.45) is 0.580. The van der Waals surface area contributed by atoms with E-state index < -0.39 is 5.60 Å². The van der Waals surface area contributed by atoms with Crippen LogP contribution in [-0.2, 0) is 0 Å². The fourth-order valence-electron chi connectivity index (χ4n) is 2.39. The standard InChI is InChI=1S/C13H14ClNO4/c1-13(17)2-3-15(6-13)12(16)8-4-9(14)11-10(5-8)18-7-19-11/h4-5,17H,2-3,6-7H2,1H3. The molecule has 0 aliphatic carbocycles. The Morgan fingerprint density at radius 2 is 2.26 bits per heavy atom. The molecule has 1 amide bonds. The Morgan fingerprint density at radius 3 is 2.95 bits per heavy atom. The van der Waals surface area contributed by atoms with Crippen LogP contribution in [0.1, 0.15) is 23.7 Å². The molecule has 6 heteroatoms. The molecule has 3 rings (SSSR count). The number of rotatable bonds is 1. The van der Waals surface area contributed by atoms with Crippen LogP contribution >= 0.6 is 11.6 Å². The molecule has 1 N–H and O–H groups in total. The van der Waals surface area contributed by atoms with E-state index in [0.29, 0.717) is 41.6 Å². The van der Waals surface area contributed by atoms with Gasteiger partial charge in [0.1, 0.15) is 0 Å². The van der Waals surface area contributed by atoms with Crippen molar-refractivity contribution in [3.8, 4) is 11.5 Å². The van der Waals surface area contributed by atoms with Crippen LogP contribution in [-0.4, -0.2) is 41.4 Å². The van der Waals surface area contributed by atoms with Crippen molar-refractivity contribution in [3.63, 3.8) is 0 Å². The number of fused-ring (bicyclic) bond motifs is 1. The molecular formula is C13H14ClNO4. The van der Waals surface area contributed by atoms with Gasteiger partial charge in [0.25, 0.3) is 5.91 Å². The van der Waals surface area contributed by atoms with Crippen molar-refractivity contribution in [2.75, 3.05) is 19.9 Å². The first-order chi connectivity index (χ1) is 8.96. The van der Waals surface area contributed by atoms with Crippen LogP contribution in [0.15, 0.2) is 12.1 Å². The summed E-state index contributed by atoms with van der Waals surface area (Å²) in [6.45, 7) is 2.72. The van der Waals surface area contributed by atoms with Gasteiger partial charge in [0.15, 0.2) is 11.5 Å². The molecule has 19 heavy (non-hydrogen) atoms. The molecule has 1 saturated heterocycles. The number of carbonyl (C=O) groups is 1. The highest BCUT2D eigenvalue weighted by Crippen LogP contribution is 2.40. The van der Waals surface area contributed by atoms with Crippen LogP contribution < -0.4 is 9.47 Å². The second-order valence-corrected chi connectivity index (χ2v) is 5.57. The first-order valence-corrected chi connectivity index (χ1v) is 6.45. The molecule has 2 heterocycles. The van der Waals surface area contributed by atoms with Crippen molar-refractivity contribution in [3.05, 3.63) is 22.7 Å². The number of hydrogen-bond donors (Lipinski definition) is 1.